The number of rotatable bonds is 4. The van der Waals surface area contributed by atoms with Gasteiger partial charge in [-0.25, -0.2) is 14.4 Å². The van der Waals surface area contributed by atoms with Crippen molar-refractivity contribution in [3.63, 3.8) is 0 Å². The second-order valence-electron chi connectivity index (χ2n) is 9.31. The summed E-state index contributed by atoms with van der Waals surface area (Å²) >= 11 is 0. The van der Waals surface area contributed by atoms with Gasteiger partial charge in [-0.1, -0.05) is 18.9 Å². The zero-order valence-electron chi connectivity index (χ0n) is 18.2. The maximum absolute atomic E-state index is 13.2. The smallest absolute Gasteiger partial charge is 0.411 e. The van der Waals surface area contributed by atoms with E-state index in [9.17, 15) is 14.4 Å². The first-order valence-electron chi connectivity index (χ1n) is 10.7. The first-order valence-corrected chi connectivity index (χ1v) is 10.7. The van der Waals surface area contributed by atoms with Gasteiger partial charge in [-0.2, -0.15) is 0 Å². The van der Waals surface area contributed by atoms with Crippen molar-refractivity contribution in [2.24, 2.45) is 5.92 Å². The molecule has 2 heterocycles. The van der Waals surface area contributed by atoms with Crippen LogP contribution in [-0.2, 0) is 23.8 Å². The van der Waals surface area contributed by atoms with Crippen molar-refractivity contribution in [3.8, 4) is 0 Å². The van der Waals surface area contributed by atoms with E-state index in [4.69, 9.17) is 14.2 Å². The lowest BCUT2D eigenvalue weighted by atomic mass is 9.71. The van der Waals surface area contributed by atoms with Crippen LogP contribution in [0.2, 0.25) is 0 Å². The fourth-order valence-corrected chi connectivity index (χ4v) is 5.07. The van der Waals surface area contributed by atoms with E-state index in [1.165, 1.54) is 6.92 Å². The molecule has 1 aliphatic carbocycles. The third-order valence-corrected chi connectivity index (χ3v) is 6.23. The summed E-state index contributed by atoms with van der Waals surface area (Å²) in [6.07, 6.45) is 6.08. The molecular weight excluding hydrogens is 374 g/mol. The predicted octanol–water partition coefficient (Wildman–Crippen LogP) is 3.75. The van der Waals surface area contributed by atoms with Crippen molar-refractivity contribution < 1.29 is 28.6 Å². The first-order chi connectivity index (χ1) is 13.6. The molecule has 29 heavy (non-hydrogen) atoms. The Morgan fingerprint density at radius 3 is 2.66 bits per heavy atom. The minimum atomic E-state index is -0.988. The molecule has 7 heteroatoms. The molecule has 3 aliphatic rings. The molecule has 3 rings (SSSR count). The van der Waals surface area contributed by atoms with Gasteiger partial charge in [-0.15, -0.1) is 0 Å². The Hall–Kier alpha value is -2.05. The van der Waals surface area contributed by atoms with Gasteiger partial charge in [0, 0.05) is 0 Å². The van der Waals surface area contributed by atoms with Gasteiger partial charge in [-0.3, -0.25) is 4.90 Å². The number of carbonyl (C=O) groups excluding carboxylic acids is 3. The molecule has 2 bridgehead atoms. The second kappa shape index (κ2) is 8.00. The molecule has 7 nitrogen and oxygen atoms in total. The van der Waals surface area contributed by atoms with Crippen LogP contribution in [0.1, 0.15) is 73.1 Å². The number of nitrogens with zero attached hydrogens (tertiary/aromatic N) is 1. The van der Waals surface area contributed by atoms with Crippen molar-refractivity contribution >= 4 is 18.0 Å². The summed E-state index contributed by atoms with van der Waals surface area (Å²) in [4.78, 5) is 39.7. The fourth-order valence-electron chi connectivity index (χ4n) is 5.07. The summed E-state index contributed by atoms with van der Waals surface area (Å²) in [6.45, 7) is 8.97. The Morgan fingerprint density at radius 1 is 1.28 bits per heavy atom. The van der Waals surface area contributed by atoms with E-state index in [0.717, 1.165) is 32.1 Å². The molecule has 1 spiro atoms. The Balaban J connectivity index is 1.84. The molecule has 4 atom stereocenters. The molecule has 0 N–H and O–H groups in total. The van der Waals surface area contributed by atoms with E-state index < -0.39 is 23.6 Å². The minimum absolute atomic E-state index is 0.225. The number of ether oxygens (including phenoxy) is 3. The van der Waals surface area contributed by atoms with Crippen LogP contribution in [0.25, 0.3) is 0 Å². The highest BCUT2D eigenvalue weighted by atomic mass is 16.6. The van der Waals surface area contributed by atoms with E-state index in [1.54, 1.807) is 6.92 Å². The molecule has 1 amide bonds. The molecule has 0 aromatic heterocycles. The summed E-state index contributed by atoms with van der Waals surface area (Å²) in [5.41, 5.74) is -0.439. The van der Waals surface area contributed by atoms with Crippen LogP contribution in [0.15, 0.2) is 11.6 Å². The highest BCUT2D eigenvalue weighted by Gasteiger charge is 2.60. The minimum Gasteiger partial charge on any atom is -0.463 e. The summed E-state index contributed by atoms with van der Waals surface area (Å²) in [5, 5.41) is 0. The van der Waals surface area contributed by atoms with Gasteiger partial charge in [0.2, 0.25) is 0 Å². The SMILES string of the molecule is CCOC(=O)[C@H](C)OC(=O)C1=CC[C@]23CCCC[C@@H]2C[C@H]1N3C(=O)OC(C)(C)C. The van der Waals surface area contributed by atoms with E-state index in [2.05, 4.69) is 0 Å². The average Bonchev–Trinajstić information content (AvgIpc) is 2.85. The molecule has 0 radical (unpaired) electrons. The third-order valence-electron chi connectivity index (χ3n) is 6.23. The lowest BCUT2D eigenvalue weighted by molar-refractivity contribution is -0.164. The molecule has 0 unspecified atom stereocenters. The van der Waals surface area contributed by atoms with E-state index in [1.807, 2.05) is 31.7 Å². The molecule has 2 fully saturated rings. The monoisotopic (exact) mass is 407 g/mol. The molecule has 0 aromatic rings. The first kappa shape index (κ1) is 21.7. The van der Waals surface area contributed by atoms with Crippen LogP contribution in [0.4, 0.5) is 4.79 Å². The van der Waals surface area contributed by atoms with Crippen LogP contribution in [-0.4, -0.2) is 52.8 Å². The van der Waals surface area contributed by atoms with Gasteiger partial charge in [0.1, 0.15) is 5.60 Å². The van der Waals surface area contributed by atoms with Gasteiger partial charge in [0.05, 0.1) is 23.8 Å². The zero-order chi connectivity index (χ0) is 21.4. The lowest BCUT2D eigenvalue weighted by Gasteiger charge is -2.48. The highest BCUT2D eigenvalue weighted by molar-refractivity contribution is 5.93. The molecule has 0 aromatic carbocycles. The van der Waals surface area contributed by atoms with Gasteiger partial charge < -0.3 is 14.2 Å². The largest absolute Gasteiger partial charge is 0.463 e. The number of hydrogen-bond acceptors (Lipinski definition) is 6. The van der Waals surface area contributed by atoms with Crippen molar-refractivity contribution in [1.82, 2.24) is 4.90 Å². The Labute approximate surface area is 172 Å². The number of amides is 1. The maximum Gasteiger partial charge on any atom is 0.411 e. The van der Waals surface area contributed by atoms with Crippen molar-refractivity contribution in [2.45, 2.75) is 96.4 Å². The predicted molar refractivity (Wildman–Crippen MR) is 106 cm³/mol. The standard InChI is InChI=1S/C22H33NO6/c1-6-27-18(24)14(2)28-19(25)16-10-12-22-11-8-7-9-15(22)13-17(16)23(22)20(26)29-21(3,4)5/h10,14-15,17H,6-9,11-13H2,1-5H3/t14-,15+,17+,22+/m0/s1. The number of fused-ring (bicyclic) bond motifs is 1. The second-order valence-corrected chi connectivity index (χ2v) is 9.31. The van der Waals surface area contributed by atoms with Crippen LogP contribution in [0.3, 0.4) is 0 Å². The molecule has 162 valence electrons. The Bertz CT molecular complexity index is 709. The molecular formula is C22H33NO6. The Morgan fingerprint density at radius 2 is 2.00 bits per heavy atom. The highest BCUT2D eigenvalue weighted by Crippen LogP contribution is 2.54. The van der Waals surface area contributed by atoms with Crippen LogP contribution < -0.4 is 0 Å². The third kappa shape index (κ3) is 4.14. The van der Waals surface area contributed by atoms with Gasteiger partial charge >= 0.3 is 18.0 Å². The average molecular weight is 408 g/mol. The van der Waals surface area contributed by atoms with E-state index in [0.29, 0.717) is 17.9 Å². The molecule has 2 aliphatic heterocycles. The zero-order valence-corrected chi connectivity index (χ0v) is 18.2. The maximum atomic E-state index is 13.2. The quantitative estimate of drug-likeness (QED) is 0.521. The summed E-state index contributed by atoms with van der Waals surface area (Å²) < 4.78 is 16.0. The van der Waals surface area contributed by atoms with Crippen LogP contribution >= 0.6 is 0 Å². The topological polar surface area (TPSA) is 82.1 Å². The summed E-state index contributed by atoms with van der Waals surface area (Å²) in [7, 11) is 0. The molecule has 1 saturated heterocycles. The summed E-state index contributed by atoms with van der Waals surface area (Å²) in [6, 6.07) is -0.372. The number of hydrogen-bond donors (Lipinski definition) is 0. The Kier molecular flexibility index (Phi) is 5.97. The molecule has 1 saturated carbocycles. The van der Waals surface area contributed by atoms with Crippen LogP contribution in [0.5, 0.6) is 0 Å². The van der Waals surface area contributed by atoms with Gasteiger partial charge in [-0.05, 0) is 66.2 Å². The lowest BCUT2D eigenvalue weighted by Crippen LogP contribution is -2.57. The van der Waals surface area contributed by atoms with E-state index in [-0.39, 0.29) is 24.3 Å². The van der Waals surface area contributed by atoms with Crippen molar-refractivity contribution in [2.75, 3.05) is 6.61 Å². The van der Waals surface area contributed by atoms with Crippen molar-refractivity contribution in [1.29, 1.82) is 0 Å². The van der Waals surface area contributed by atoms with Crippen LogP contribution in [0, 0.1) is 5.92 Å². The normalized spacial score (nSPS) is 29.4. The fraction of sp³-hybridized carbons (Fsp3) is 0.773. The number of carbonyl (C=O) groups is 3. The van der Waals surface area contributed by atoms with Gasteiger partial charge in [0.15, 0.2) is 6.10 Å². The summed E-state index contributed by atoms with van der Waals surface area (Å²) in [5.74, 6) is -0.784. The van der Waals surface area contributed by atoms with E-state index >= 15 is 0 Å². The van der Waals surface area contributed by atoms with Crippen molar-refractivity contribution in [3.05, 3.63) is 11.6 Å². The van der Waals surface area contributed by atoms with Gasteiger partial charge in [0.25, 0.3) is 0 Å². The number of esters is 2.